The van der Waals surface area contributed by atoms with E-state index in [1.54, 1.807) is 30.4 Å². The lowest BCUT2D eigenvalue weighted by Crippen LogP contribution is -2.28. The van der Waals surface area contributed by atoms with Gasteiger partial charge in [0.05, 0.1) is 6.42 Å². The summed E-state index contributed by atoms with van der Waals surface area (Å²) in [6.07, 6.45) is 19.0. The Bertz CT molecular complexity index is 464. The molecule has 2 N–H and O–H groups in total. The van der Waals surface area contributed by atoms with Gasteiger partial charge in [-0.3, -0.25) is 4.79 Å². The highest BCUT2D eigenvalue weighted by molar-refractivity contribution is 5.68. The number of carbonyl (C=O) groups is 1. The number of carboxylic acids is 1. The van der Waals surface area contributed by atoms with E-state index in [2.05, 4.69) is 37.6 Å². The van der Waals surface area contributed by atoms with E-state index in [0.29, 0.717) is 0 Å². The summed E-state index contributed by atoms with van der Waals surface area (Å²) in [6.45, 7) is 11.7. The highest BCUT2D eigenvalue weighted by Gasteiger charge is 2.13. The van der Waals surface area contributed by atoms with E-state index >= 15 is 0 Å². The molecule has 0 aromatic carbocycles. The highest BCUT2D eigenvalue weighted by Crippen LogP contribution is 2.20. The quantitative estimate of drug-likeness (QED) is 0.683. The molecule has 0 amide bonds. The summed E-state index contributed by atoms with van der Waals surface area (Å²) < 4.78 is 0. The van der Waals surface area contributed by atoms with E-state index < -0.39 is 5.97 Å². The zero-order valence-electron chi connectivity index (χ0n) is 14.1. The molecule has 1 rings (SSSR count). The van der Waals surface area contributed by atoms with E-state index in [9.17, 15) is 4.79 Å². The van der Waals surface area contributed by atoms with E-state index in [-0.39, 0.29) is 6.42 Å². The topological polar surface area (TPSA) is 49.3 Å². The minimum atomic E-state index is -0.816. The van der Waals surface area contributed by atoms with Gasteiger partial charge in [0.1, 0.15) is 0 Å². The summed E-state index contributed by atoms with van der Waals surface area (Å²) in [7, 11) is 0. The summed E-state index contributed by atoms with van der Waals surface area (Å²) in [4.78, 5) is 9.94. The van der Waals surface area contributed by atoms with Crippen LogP contribution in [-0.2, 0) is 4.79 Å². The number of hydrogen-bond donors (Lipinski definition) is 2. The fourth-order valence-corrected chi connectivity index (χ4v) is 2.09. The van der Waals surface area contributed by atoms with Gasteiger partial charge in [0.15, 0.2) is 0 Å². The Morgan fingerprint density at radius 2 is 1.70 bits per heavy atom. The van der Waals surface area contributed by atoms with Gasteiger partial charge in [-0.2, -0.15) is 0 Å². The average molecular weight is 315 g/mol. The van der Waals surface area contributed by atoms with Crippen molar-refractivity contribution >= 4 is 5.97 Å². The van der Waals surface area contributed by atoms with E-state index in [1.165, 1.54) is 31.5 Å². The number of rotatable bonds is 7. The number of nitrogens with one attached hydrogen (secondary N) is 1. The number of hydrogen-bond acceptors (Lipinski definition) is 2. The molecule has 0 bridgehead atoms. The van der Waals surface area contributed by atoms with Crippen molar-refractivity contribution in [3.05, 3.63) is 73.4 Å². The summed E-state index contributed by atoms with van der Waals surface area (Å²) in [5, 5.41) is 11.5. The molecule has 3 heteroatoms. The van der Waals surface area contributed by atoms with Crippen LogP contribution in [0.2, 0.25) is 0 Å². The van der Waals surface area contributed by atoms with E-state index in [0.717, 1.165) is 5.92 Å². The molecule has 0 aromatic heterocycles. The Morgan fingerprint density at radius 3 is 2.26 bits per heavy atom. The molecule has 1 heterocycles. The third-order valence-electron chi connectivity index (χ3n) is 3.38. The maximum atomic E-state index is 9.94. The maximum absolute atomic E-state index is 9.94. The van der Waals surface area contributed by atoms with Crippen LogP contribution in [0.5, 0.6) is 0 Å². The molecule has 0 aliphatic carbocycles. The molecule has 0 atom stereocenters. The molecule has 1 saturated heterocycles. The minimum absolute atomic E-state index is 0.0709. The molecule has 0 saturated carbocycles. The molecule has 1 aliphatic rings. The summed E-state index contributed by atoms with van der Waals surface area (Å²) in [5.74, 6) is -0.0287. The fourth-order valence-electron chi connectivity index (χ4n) is 2.09. The summed E-state index contributed by atoms with van der Waals surface area (Å²) >= 11 is 0. The lowest BCUT2D eigenvalue weighted by atomic mass is 9.91. The van der Waals surface area contributed by atoms with Gasteiger partial charge >= 0.3 is 5.97 Å². The summed E-state index contributed by atoms with van der Waals surface area (Å²) in [6, 6.07) is 0. The van der Waals surface area contributed by atoms with Gasteiger partial charge in [0.2, 0.25) is 0 Å². The lowest BCUT2D eigenvalue weighted by Gasteiger charge is -2.23. The predicted molar refractivity (Wildman–Crippen MR) is 99.4 cm³/mol. The van der Waals surface area contributed by atoms with Gasteiger partial charge in [0.25, 0.3) is 0 Å². The second-order valence-corrected chi connectivity index (χ2v) is 5.20. The van der Waals surface area contributed by atoms with Crippen molar-refractivity contribution in [1.29, 1.82) is 0 Å². The Balaban J connectivity index is 0.000000438. The standard InChI is InChI=1S/C12H19N.C8H10O2/c1-3-4-5-6-11(2)12-7-9-13-10-8-12;1-2-3-4-5-6-7-8(9)10/h3-6,12-13H,1,7-10H2,2H3;2-6H,1,7H2,(H,9,10)/b5-4-,11-6+;4-3-,6-5+. The smallest absolute Gasteiger partial charge is 0.307 e. The molecular weight excluding hydrogens is 286 g/mol. The molecule has 3 nitrogen and oxygen atoms in total. The largest absolute Gasteiger partial charge is 0.481 e. The Morgan fingerprint density at radius 1 is 1.09 bits per heavy atom. The molecule has 1 aliphatic heterocycles. The predicted octanol–water partition coefficient (Wildman–Crippen LogP) is 4.43. The molecule has 0 radical (unpaired) electrons. The Hall–Kier alpha value is -2.13. The van der Waals surface area contributed by atoms with Crippen LogP contribution in [0.1, 0.15) is 26.2 Å². The Labute approximate surface area is 140 Å². The molecule has 0 aromatic rings. The van der Waals surface area contributed by atoms with Crippen LogP contribution in [0.15, 0.2) is 73.4 Å². The van der Waals surface area contributed by atoms with Crippen LogP contribution >= 0.6 is 0 Å². The first-order chi connectivity index (χ1) is 11.1. The third kappa shape index (κ3) is 13.3. The van der Waals surface area contributed by atoms with Crippen molar-refractivity contribution in [2.75, 3.05) is 13.1 Å². The van der Waals surface area contributed by atoms with Crippen molar-refractivity contribution in [2.24, 2.45) is 5.92 Å². The minimum Gasteiger partial charge on any atom is -0.481 e. The second kappa shape index (κ2) is 14.8. The van der Waals surface area contributed by atoms with Crippen LogP contribution in [0.3, 0.4) is 0 Å². The number of aliphatic carboxylic acids is 1. The molecule has 23 heavy (non-hydrogen) atoms. The number of allylic oxidation sites excluding steroid dienone is 9. The average Bonchev–Trinajstić information content (AvgIpc) is 2.56. The van der Waals surface area contributed by atoms with Crippen LogP contribution in [-0.4, -0.2) is 24.2 Å². The SMILES string of the molecule is C=C/C=C\C=C(/C)C1CCNCC1.C=C/C=C\C=C\CC(=O)O. The highest BCUT2D eigenvalue weighted by atomic mass is 16.4. The first kappa shape index (κ1) is 20.9. The zero-order chi connectivity index (χ0) is 17.3. The van der Waals surface area contributed by atoms with Crippen molar-refractivity contribution in [2.45, 2.75) is 26.2 Å². The molecule has 0 spiro atoms. The second-order valence-electron chi connectivity index (χ2n) is 5.20. The summed E-state index contributed by atoms with van der Waals surface area (Å²) in [5.41, 5.74) is 1.50. The first-order valence-electron chi connectivity index (χ1n) is 7.94. The van der Waals surface area contributed by atoms with Gasteiger partial charge in [-0.05, 0) is 38.8 Å². The van der Waals surface area contributed by atoms with Gasteiger partial charge in [-0.15, -0.1) is 0 Å². The maximum Gasteiger partial charge on any atom is 0.307 e. The van der Waals surface area contributed by atoms with Crippen molar-refractivity contribution in [3.8, 4) is 0 Å². The van der Waals surface area contributed by atoms with Gasteiger partial charge in [-0.25, -0.2) is 0 Å². The van der Waals surface area contributed by atoms with Crippen LogP contribution in [0, 0.1) is 5.92 Å². The van der Waals surface area contributed by atoms with Crippen molar-refractivity contribution < 1.29 is 9.90 Å². The fraction of sp³-hybridized carbons (Fsp3) is 0.350. The number of piperidine rings is 1. The van der Waals surface area contributed by atoms with E-state index in [4.69, 9.17) is 5.11 Å². The van der Waals surface area contributed by atoms with Crippen molar-refractivity contribution in [1.82, 2.24) is 5.32 Å². The first-order valence-corrected chi connectivity index (χ1v) is 7.94. The van der Waals surface area contributed by atoms with Crippen LogP contribution in [0.4, 0.5) is 0 Å². The Kier molecular flexibility index (Phi) is 13.4. The van der Waals surface area contributed by atoms with E-state index in [1.807, 2.05) is 12.2 Å². The van der Waals surface area contributed by atoms with Gasteiger partial charge in [-0.1, -0.05) is 73.4 Å². The monoisotopic (exact) mass is 315 g/mol. The lowest BCUT2D eigenvalue weighted by molar-refractivity contribution is -0.136. The normalized spacial score (nSPS) is 16.5. The van der Waals surface area contributed by atoms with Gasteiger partial charge in [0, 0.05) is 0 Å². The number of carboxylic acid groups (broad SMARTS) is 1. The third-order valence-corrected chi connectivity index (χ3v) is 3.38. The van der Waals surface area contributed by atoms with Gasteiger partial charge < -0.3 is 10.4 Å². The van der Waals surface area contributed by atoms with Crippen LogP contribution < -0.4 is 5.32 Å². The molecule has 126 valence electrons. The zero-order valence-corrected chi connectivity index (χ0v) is 14.1. The molecule has 1 fully saturated rings. The van der Waals surface area contributed by atoms with Crippen molar-refractivity contribution in [3.63, 3.8) is 0 Å². The molecule has 0 unspecified atom stereocenters. The molecular formula is C20H29NO2. The van der Waals surface area contributed by atoms with Crippen LogP contribution in [0.25, 0.3) is 0 Å².